The summed E-state index contributed by atoms with van der Waals surface area (Å²) < 4.78 is 10.5. The second kappa shape index (κ2) is 3.28. The molecule has 0 radical (unpaired) electrons. The topological polar surface area (TPSA) is 74.2 Å². The van der Waals surface area contributed by atoms with Gasteiger partial charge in [0.25, 0.3) is 0 Å². The minimum absolute atomic E-state index is 0.114. The third-order valence-electron chi connectivity index (χ3n) is 2.57. The summed E-state index contributed by atoms with van der Waals surface area (Å²) in [6, 6.07) is 0. The Morgan fingerprint density at radius 2 is 2.13 bits per heavy atom. The van der Waals surface area contributed by atoms with Crippen molar-refractivity contribution in [3.63, 3.8) is 0 Å². The molecule has 1 unspecified atom stereocenters. The summed E-state index contributed by atoms with van der Waals surface area (Å²) in [4.78, 5) is 4.35. The Bertz CT molecular complexity index is 348. The minimum atomic E-state index is -0.587. The predicted molar refractivity (Wildman–Crippen MR) is 54.3 cm³/mol. The van der Waals surface area contributed by atoms with Gasteiger partial charge in [-0.1, -0.05) is 25.9 Å². The van der Waals surface area contributed by atoms with Gasteiger partial charge in [0.1, 0.15) is 5.54 Å². The maximum absolute atomic E-state index is 6.12. The molecule has 2 rings (SSSR count). The highest BCUT2D eigenvalue weighted by atomic mass is 16.5. The molecule has 0 saturated carbocycles. The van der Waals surface area contributed by atoms with E-state index in [1.165, 1.54) is 0 Å². The largest absolute Gasteiger partial charge is 0.379 e. The van der Waals surface area contributed by atoms with Gasteiger partial charge in [-0.2, -0.15) is 4.98 Å². The van der Waals surface area contributed by atoms with E-state index in [0.717, 1.165) is 6.42 Å². The lowest BCUT2D eigenvalue weighted by Crippen LogP contribution is -2.37. The van der Waals surface area contributed by atoms with Gasteiger partial charge in [-0.15, -0.1) is 0 Å². The van der Waals surface area contributed by atoms with Crippen LogP contribution in [0.15, 0.2) is 4.52 Å². The molecule has 15 heavy (non-hydrogen) atoms. The molecular weight excluding hydrogens is 194 g/mol. The van der Waals surface area contributed by atoms with Crippen LogP contribution in [-0.2, 0) is 15.7 Å². The molecule has 0 amide bonds. The Balaban J connectivity index is 2.27. The van der Waals surface area contributed by atoms with Gasteiger partial charge in [-0.3, -0.25) is 0 Å². The van der Waals surface area contributed by atoms with Crippen molar-refractivity contribution in [2.45, 2.75) is 38.1 Å². The van der Waals surface area contributed by atoms with Crippen LogP contribution < -0.4 is 5.73 Å². The van der Waals surface area contributed by atoms with Gasteiger partial charge in [0.15, 0.2) is 5.82 Å². The Kier molecular flexibility index (Phi) is 2.31. The molecule has 1 aliphatic heterocycles. The monoisotopic (exact) mass is 211 g/mol. The molecule has 1 fully saturated rings. The summed E-state index contributed by atoms with van der Waals surface area (Å²) in [5, 5.41) is 3.96. The zero-order valence-electron chi connectivity index (χ0n) is 9.41. The van der Waals surface area contributed by atoms with Gasteiger partial charge < -0.3 is 15.0 Å². The second-order valence-corrected chi connectivity index (χ2v) is 5.13. The lowest BCUT2D eigenvalue weighted by Gasteiger charge is -2.16. The van der Waals surface area contributed by atoms with Gasteiger partial charge in [-0.05, 0) is 6.42 Å². The highest BCUT2D eigenvalue weighted by Crippen LogP contribution is 2.28. The lowest BCUT2D eigenvalue weighted by atomic mass is 9.95. The van der Waals surface area contributed by atoms with E-state index in [4.69, 9.17) is 15.0 Å². The van der Waals surface area contributed by atoms with Crippen molar-refractivity contribution in [1.29, 1.82) is 0 Å². The molecule has 1 aromatic heterocycles. The average Bonchev–Trinajstić information content (AvgIpc) is 2.69. The molecule has 2 N–H and O–H groups in total. The van der Waals surface area contributed by atoms with Crippen molar-refractivity contribution >= 4 is 0 Å². The molecule has 1 saturated heterocycles. The summed E-state index contributed by atoms with van der Waals surface area (Å²) in [5.41, 5.74) is 5.42. The van der Waals surface area contributed by atoms with Gasteiger partial charge in [0.2, 0.25) is 5.89 Å². The van der Waals surface area contributed by atoms with Gasteiger partial charge in [-0.25, -0.2) is 0 Å². The second-order valence-electron chi connectivity index (χ2n) is 5.13. The number of rotatable bonds is 1. The van der Waals surface area contributed by atoms with E-state index in [1.807, 2.05) is 20.8 Å². The highest BCUT2D eigenvalue weighted by molar-refractivity contribution is 5.08. The Hall–Kier alpha value is -0.940. The van der Waals surface area contributed by atoms with E-state index in [1.54, 1.807) is 0 Å². The first-order valence-electron chi connectivity index (χ1n) is 5.13. The van der Waals surface area contributed by atoms with Crippen molar-refractivity contribution in [3.8, 4) is 0 Å². The summed E-state index contributed by atoms with van der Waals surface area (Å²) in [6.07, 6.45) is 0.735. The lowest BCUT2D eigenvalue weighted by molar-refractivity contribution is 0.166. The minimum Gasteiger partial charge on any atom is -0.379 e. The molecule has 1 aromatic rings. The molecule has 0 aromatic carbocycles. The summed E-state index contributed by atoms with van der Waals surface area (Å²) >= 11 is 0. The molecule has 2 heterocycles. The number of ether oxygens (including phenoxy) is 1. The quantitative estimate of drug-likeness (QED) is 0.748. The first-order valence-corrected chi connectivity index (χ1v) is 5.13. The number of hydrogen-bond donors (Lipinski definition) is 1. The number of aromatic nitrogens is 2. The van der Waals surface area contributed by atoms with Crippen LogP contribution >= 0.6 is 0 Å². The Morgan fingerprint density at radius 1 is 1.40 bits per heavy atom. The van der Waals surface area contributed by atoms with Crippen molar-refractivity contribution in [3.05, 3.63) is 11.7 Å². The maximum Gasteiger partial charge on any atom is 0.249 e. The van der Waals surface area contributed by atoms with E-state index in [2.05, 4.69) is 10.1 Å². The van der Waals surface area contributed by atoms with E-state index in [0.29, 0.717) is 24.9 Å². The molecule has 84 valence electrons. The van der Waals surface area contributed by atoms with E-state index in [9.17, 15) is 0 Å². The zero-order valence-corrected chi connectivity index (χ0v) is 9.41. The van der Waals surface area contributed by atoms with Crippen LogP contribution in [0.5, 0.6) is 0 Å². The SMILES string of the molecule is CC(C)(C)c1noc(C2(N)CCOC2)n1. The number of hydrogen-bond acceptors (Lipinski definition) is 5. The molecule has 1 atom stereocenters. The molecule has 0 aliphatic carbocycles. The fraction of sp³-hybridized carbons (Fsp3) is 0.800. The van der Waals surface area contributed by atoms with Crippen LogP contribution in [0.3, 0.4) is 0 Å². The molecular formula is C10H17N3O2. The summed E-state index contributed by atoms with van der Waals surface area (Å²) in [6.45, 7) is 7.23. The van der Waals surface area contributed by atoms with E-state index >= 15 is 0 Å². The van der Waals surface area contributed by atoms with Crippen molar-refractivity contribution in [1.82, 2.24) is 10.1 Å². The molecule has 0 spiro atoms. The van der Waals surface area contributed by atoms with Crippen LogP contribution in [0.1, 0.15) is 38.9 Å². The van der Waals surface area contributed by atoms with Crippen LogP contribution in [0.25, 0.3) is 0 Å². The van der Waals surface area contributed by atoms with E-state index in [-0.39, 0.29) is 5.41 Å². The van der Waals surface area contributed by atoms with Crippen molar-refractivity contribution in [2.75, 3.05) is 13.2 Å². The highest BCUT2D eigenvalue weighted by Gasteiger charge is 2.39. The number of nitrogens with two attached hydrogens (primary N) is 1. The number of nitrogens with zero attached hydrogens (tertiary/aromatic N) is 2. The molecule has 5 heteroatoms. The fourth-order valence-corrected chi connectivity index (χ4v) is 1.48. The predicted octanol–water partition coefficient (Wildman–Crippen LogP) is 0.941. The summed E-state index contributed by atoms with van der Waals surface area (Å²) in [7, 11) is 0. The van der Waals surface area contributed by atoms with Gasteiger partial charge in [0, 0.05) is 12.0 Å². The van der Waals surface area contributed by atoms with Crippen molar-refractivity contribution in [2.24, 2.45) is 5.73 Å². The maximum atomic E-state index is 6.12. The molecule has 0 bridgehead atoms. The molecule has 1 aliphatic rings. The fourth-order valence-electron chi connectivity index (χ4n) is 1.48. The van der Waals surface area contributed by atoms with Gasteiger partial charge >= 0.3 is 0 Å². The van der Waals surface area contributed by atoms with Crippen LogP contribution in [-0.4, -0.2) is 23.4 Å². The third kappa shape index (κ3) is 1.89. The van der Waals surface area contributed by atoms with Crippen LogP contribution in [0.4, 0.5) is 0 Å². The zero-order chi connectivity index (χ0) is 11.1. The third-order valence-corrected chi connectivity index (χ3v) is 2.57. The first-order chi connectivity index (χ1) is 6.92. The van der Waals surface area contributed by atoms with Gasteiger partial charge in [0.05, 0.1) is 6.61 Å². The standard InChI is InChI=1S/C10H17N3O2/c1-9(2,3)7-12-8(15-13-7)10(11)4-5-14-6-10/h4-6,11H2,1-3H3. The average molecular weight is 211 g/mol. The summed E-state index contributed by atoms with van der Waals surface area (Å²) in [5.74, 6) is 1.18. The molecule has 5 nitrogen and oxygen atoms in total. The van der Waals surface area contributed by atoms with Crippen LogP contribution in [0.2, 0.25) is 0 Å². The van der Waals surface area contributed by atoms with E-state index < -0.39 is 5.54 Å². The first kappa shape index (κ1) is 10.6. The van der Waals surface area contributed by atoms with Crippen molar-refractivity contribution < 1.29 is 9.26 Å². The normalized spacial score (nSPS) is 27.2. The smallest absolute Gasteiger partial charge is 0.249 e. The van der Waals surface area contributed by atoms with Crippen LogP contribution in [0, 0.1) is 0 Å². The Labute approximate surface area is 89.0 Å². The Morgan fingerprint density at radius 3 is 2.60 bits per heavy atom.